The number of hydrogen-bond donors (Lipinski definition) is 0. The third-order valence-corrected chi connectivity index (χ3v) is 2.82. The zero-order chi connectivity index (χ0) is 14.0. The molecule has 1 heterocycles. The van der Waals surface area contributed by atoms with Gasteiger partial charge in [0.1, 0.15) is 11.4 Å². The summed E-state index contributed by atoms with van der Waals surface area (Å²) in [5.41, 5.74) is -0.532. The average molecular weight is 284 g/mol. The van der Waals surface area contributed by atoms with Gasteiger partial charge in [0.05, 0.1) is 0 Å². The monoisotopic (exact) mass is 283 g/mol. The SMILES string of the molecule is CC(C)(C)OC(=O)N(CC1CC1)c1ccnc(Cl)n1. The van der Waals surface area contributed by atoms with Crippen LogP contribution in [0.1, 0.15) is 33.6 Å². The van der Waals surface area contributed by atoms with Gasteiger partial charge < -0.3 is 4.74 Å². The first-order valence-corrected chi connectivity index (χ1v) is 6.72. The summed E-state index contributed by atoms with van der Waals surface area (Å²) >= 11 is 5.78. The van der Waals surface area contributed by atoms with Gasteiger partial charge in [-0.05, 0) is 57.2 Å². The quantitative estimate of drug-likeness (QED) is 0.799. The van der Waals surface area contributed by atoms with Crippen LogP contribution in [0.15, 0.2) is 12.3 Å². The van der Waals surface area contributed by atoms with Crippen molar-refractivity contribution < 1.29 is 9.53 Å². The molecule has 0 unspecified atom stereocenters. The predicted octanol–water partition coefficient (Wildman–Crippen LogP) is 3.28. The van der Waals surface area contributed by atoms with Crippen molar-refractivity contribution in [2.24, 2.45) is 5.92 Å². The molecule has 0 bridgehead atoms. The predicted molar refractivity (Wildman–Crippen MR) is 73.3 cm³/mol. The van der Waals surface area contributed by atoms with E-state index in [1.54, 1.807) is 6.07 Å². The summed E-state index contributed by atoms with van der Waals surface area (Å²) in [4.78, 5) is 21.7. The Balaban J connectivity index is 2.17. The minimum absolute atomic E-state index is 0.127. The van der Waals surface area contributed by atoms with Gasteiger partial charge in [-0.2, -0.15) is 0 Å². The van der Waals surface area contributed by atoms with Crippen LogP contribution in [0.2, 0.25) is 5.28 Å². The van der Waals surface area contributed by atoms with Crippen molar-refractivity contribution >= 4 is 23.5 Å². The number of nitrogens with zero attached hydrogens (tertiary/aromatic N) is 3. The Morgan fingerprint density at radius 3 is 2.74 bits per heavy atom. The van der Waals surface area contributed by atoms with Gasteiger partial charge in [0.25, 0.3) is 0 Å². The Hall–Kier alpha value is -1.36. The largest absolute Gasteiger partial charge is 0.443 e. The summed E-state index contributed by atoms with van der Waals surface area (Å²) in [6, 6.07) is 1.66. The second-order valence-corrected chi connectivity index (χ2v) is 6.06. The van der Waals surface area contributed by atoms with Crippen LogP contribution in [0, 0.1) is 5.92 Å². The lowest BCUT2D eigenvalue weighted by atomic mass is 10.2. The fourth-order valence-corrected chi connectivity index (χ4v) is 1.76. The summed E-state index contributed by atoms with van der Waals surface area (Å²) in [6.07, 6.45) is 3.42. The number of carbonyl (C=O) groups is 1. The van der Waals surface area contributed by atoms with Gasteiger partial charge in [0, 0.05) is 12.7 Å². The third kappa shape index (κ3) is 4.35. The molecule has 1 amide bonds. The van der Waals surface area contributed by atoms with Crippen LogP contribution in [0.4, 0.5) is 10.6 Å². The normalized spacial score (nSPS) is 15.2. The number of anilines is 1. The van der Waals surface area contributed by atoms with Gasteiger partial charge in [0.2, 0.25) is 5.28 Å². The maximum Gasteiger partial charge on any atom is 0.416 e. The molecule has 6 heteroatoms. The third-order valence-electron chi connectivity index (χ3n) is 2.64. The highest BCUT2D eigenvalue weighted by molar-refractivity contribution is 6.28. The van der Waals surface area contributed by atoms with Crippen molar-refractivity contribution in [3.05, 3.63) is 17.5 Å². The van der Waals surface area contributed by atoms with E-state index in [0.717, 1.165) is 12.8 Å². The summed E-state index contributed by atoms with van der Waals surface area (Å²) in [5, 5.41) is 0.127. The molecule has 1 aliphatic carbocycles. The smallest absolute Gasteiger partial charge is 0.416 e. The van der Waals surface area contributed by atoms with Crippen LogP contribution in [0.25, 0.3) is 0 Å². The second-order valence-electron chi connectivity index (χ2n) is 5.72. The Kier molecular flexibility index (Phi) is 3.94. The van der Waals surface area contributed by atoms with Crippen molar-refractivity contribution in [2.75, 3.05) is 11.4 Å². The molecule has 1 fully saturated rings. The molecule has 2 rings (SSSR count). The van der Waals surface area contributed by atoms with E-state index in [0.29, 0.717) is 18.3 Å². The Morgan fingerprint density at radius 1 is 1.53 bits per heavy atom. The summed E-state index contributed by atoms with van der Waals surface area (Å²) < 4.78 is 5.41. The fourth-order valence-electron chi connectivity index (χ4n) is 1.61. The van der Waals surface area contributed by atoms with E-state index >= 15 is 0 Å². The Bertz CT molecular complexity index is 469. The molecule has 0 aromatic carbocycles. The lowest BCUT2D eigenvalue weighted by Gasteiger charge is -2.26. The van der Waals surface area contributed by atoms with Gasteiger partial charge in [0.15, 0.2) is 0 Å². The summed E-state index contributed by atoms with van der Waals surface area (Å²) in [7, 11) is 0. The molecule has 1 aliphatic rings. The van der Waals surface area contributed by atoms with Gasteiger partial charge in [-0.1, -0.05) is 0 Å². The van der Waals surface area contributed by atoms with E-state index in [1.165, 1.54) is 11.1 Å². The zero-order valence-corrected chi connectivity index (χ0v) is 12.1. The molecule has 0 radical (unpaired) electrons. The Morgan fingerprint density at radius 2 is 2.21 bits per heavy atom. The van der Waals surface area contributed by atoms with E-state index < -0.39 is 11.7 Å². The van der Waals surface area contributed by atoms with Gasteiger partial charge >= 0.3 is 6.09 Å². The molecule has 5 nitrogen and oxygen atoms in total. The minimum Gasteiger partial charge on any atom is -0.443 e. The highest BCUT2D eigenvalue weighted by Gasteiger charge is 2.31. The van der Waals surface area contributed by atoms with Crippen molar-refractivity contribution in [3.8, 4) is 0 Å². The first kappa shape index (κ1) is 14.1. The van der Waals surface area contributed by atoms with Gasteiger partial charge in [-0.15, -0.1) is 0 Å². The van der Waals surface area contributed by atoms with Crippen molar-refractivity contribution in [2.45, 2.75) is 39.2 Å². The molecule has 1 aromatic heterocycles. The van der Waals surface area contributed by atoms with E-state index in [9.17, 15) is 4.79 Å². The van der Waals surface area contributed by atoms with E-state index in [-0.39, 0.29) is 5.28 Å². The summed E-state index contributed by atoms with van der Waals surface area (Å²) in [6.45, 7) is 6.13. The zero-order valence-electron chi connectivity index (χ0n) is 11.4. The molecule has 1 aromatic rings. The molecular weight excluding hydrogens is 266 g/mol. The number of aromatic nitrogens is 2. The lowest BCUT2D eigenvalue weighted by Crippen LogP contribution is -2.38. The molecule has 19 heavy (non-hydrogen) atoms. The molecule has 0 saturated heterocycles. The van der Waals surface area contributed by atoms with Crippen LogP contribution >= 0.6 is 11.6 Å². The molecule has 1 saturated carbocycles. The molecule has 0 aliphatic heterocycles. The number of amides is 1. The van der Waals surface area contributed by atoms with Crippen LogP contribution in [0.5, 0.6) is 0 Å². The minimum atomic E-state index is -0.532. The highest BCUT2D eigenvalue weighted by atomic mass is 35.5. The number of halogens is 1. The van der Waals surface area contributed by atoms with Crippen molar-refractivity contribution in [3.63, 3.8) is 0 Å². The van der Waals surface area contributed by atoms with Crippen LogP contribution in [-0.4, -0.2) is 28.2 Å². The molecule has 104 valence electrons. The first-order valence-electron chi connectivity index (χ1n) is 6.34. The maximum absolute atomic E-state index is 12.2. The van der Waals surface area contributed by atoms with Gasteiger partial charge in [-0.3, -0.25) is 4.90 Å². The van der Waals surface area contributed by atoms with E-state index in [4.69, 9.17) is 16.3 Å². The first-order chi connectivity index (χ1) is 8.85. The number of hydrogen-bond acceptors (Lipinski definition) is 4. The Labute approximate surface area is 117 Å². The molecular formula is C13H18ClN3O2. The standard InChI is InChI=1S/C13H18ClN3O2/c1-13(2,3)19-12(18)17(8-9-4-5-9)10-6-7-15-11(14)16-10/h6-7,9H,4-5,8H2,1-3H3. The average Bonchev–Trinajstić information content (AvgIpc) is 3.07. The molecule has 0 spiro atoms. The second kappa shape index (κ2) is 5.33. The van der Waals surface area contributed by atoms with Crippen LogP contribution in [0.3, 0.4) is 0 Å². The molecule has 0 N–H and O–H groups in total. The topological polar surface area (TPSA) is 55.3 Å². The van der Waals surface area contributed by atoms with Crippen LogP contribution in [-0.2, 0) is 4.74 Å². The van der Waals surface area contributed by atoms with Gasteiger partial charge in [-0.25, -0.2) is 14.8 Å². The highest BCUT2D eigenvalue weighted by Crippen LogP contribution is 2.31. The number of carbonyl (C=O) groups excluding carboxylic acids is 1. The number of rotatable bonds is 3. The number of ether oxygens (including phenoxy) is 1. The van der Waals surface area contributed by atoms with E-state index in [2.05, 4.69) is 9.97 Å². The molecule has 0 atom stereocenters. The van der Waals surface area contributed by atoms with Crippen molar-refractivity contribution in [1.82, 2.24) is 9.97 Å². The lowest BCUT2D eigenvalue weighted by molar-refractivity contribution is 0.0577. The fraction of sp³-hybridized carbons (Fsp3) is 0.615. The maximum atomic E-state index is 12.2. The van der Waals surface area contributed by atoms with Crippen molar-refractivity contribution in [1.29, 1.82) is 0 Å². The van der Waals surface area contributed by atoms with E-state index in [1.807, 2.05) is 20.8 Å². The summed E-state index contributed by atoms with van der Waals surface area (Å²) in [5.74, 6) is 1.02. The van der Waals surface area contributed by atoms with Crippen LogP contribution < -0.4 is 4.90 Å².